The summed E-state index contributed by atoms with van der Waals surface area (Å²) < 4.78 is 3.24. The first-order valence-corrected chi connectivity index (χ1v) is 12.3. The zero-order chi connectivity index (χ0) is 20.7. The second-order valence-corrected chi connectivity index (χ2v) is 10.5. The van der Waals surface area contributed by atoms with E-state index in [1.165, 1.54) is 31.5 Å². The van der Waals surface area contributed by atoms with Gasteiger partial charge in [-0.25, -0.2) is 0 Å². The molecule has 1 aliphatic heterocycles. The molecule has 2 aromatic heterocycles. The average molecular weight is 484 g/mol. The highest BCUT2D eigenvalue weighted by Crippen LogP contribution is 2.59. The van der Waals surface area contributed by atoms with Gasteiger partial charge in [-0.05, 0) is 62.1 Å². The lowest BCUT2D eigenvalue weighted by atomic mass is 9.95. The van der Waals surface area contributed by atoms with Crippen molar-refractivity contribution in [1.82, 2.24) is 24.6 Å². The SMILES string of the molecule is Cc1ccc(-c2nnc(SCCCN3C[C@H]4C[C@@]4(c4ccc(Br)cc4)C3)n2C)cn1. The van der Waals surface area contributed by atoms with Gasteiger partial charge in [0.25, 0.3) is 0 Å². The molecular weight excluding hydrogens is 458 g/mol. The quantitative estimate of drug-likeness (QED) is 0.359. The monoisotopic (exact) mass is 483 g/mol. The average Bonchev–Trinajstić information content (AvgIpc) is 3.12. The fourth-order valence-electron chi connectivity index (χ4n) is 4.73. The largest absolute Gasteiger partial charge is 0.305 e. The van der Waals surface area contributed by atoms with E-state index >= 15 is 0 Å². The fraction of sp³-hybridized carbons (Fsp3) is 0.435. The van der Waals surface area contributed by atoms with Crippen LogP contribution in [0.15, 0.2) is 52.2 Å². The molecular formula is C23H26BrN5S. The van der Waals surface area contributed by atoms with Gasteiger partial charge in [0.15, 0.2) is 11.0 Å². The molecule has 0 bridgehead atoms. The Morgan fingerprint density at radius 2 is 2.00 bits per heavy atom. The molecule has 1 saturated heterocycles. The Hall–Kier alpha value is -1.70. The summed E-state index contributed by atoms with van der Waals surface area (Å²) in [5.41, 5.74) is 3.97. The molecule has 1 saturated carbocycles. The van der Waals surface area contributed by atoms with Crippen LogP contribution in [0, 0.1) is 12.8 Å². The van der Waals surface area contributed by atoms with Gasteiger partial charge in [-0.15, -0.1) is 10.2 Å². The summed E-state index contributed by atoms with van der Waals surface area (Å²) in [6, 6.07) is 13.0. The van der Waals surface area contributed by atoms with Crippen molar-refractivity contribution in [2.24, 2.45) is 13.0 Å². The zero-order valence-corrected chi connectivity index (χ0v) is 19.8. The molecule has 0 amide bonds. The Balaban J connectivity index is 1.12. The van der Waals surface area contributed by atoms with Crippen LogP contribution in [-0.2, 0) is 12.5 Å². The third kappa shape index (κ3) is 3.83. The Kier molecular flexibility index (Phi) is 5.45. The molecule has 5 rings (SSSR count). The maximum atomic E-state index is 4.39. The zero-order valence-electron chi connectivity index (χ0n) is 17.4. The number of hydrogen-bond acceptors (Lipinski definition) is 5. The van der Waals surface area contributed by atoms with E-state index in [0.717, 1.165) is 44.9 Å². The Labute approximate surface area is 190 Å². The molecule has 1 aromatic carbocycles. The molecule has 5 nitrogen and oxygen atoms in total. The van der Waals surface area contributed by atoms with Crippen LogP contribution < -0.4 is 0 Å². The van der Waals surface area contributed by atoms with Crippen LogP contribution in [0.25, 0.3) is 11.4 Å². The standard InChI is InChI=1S/C23H26BrN5S/c1-16-4-5-17(13-25-16)21-26-27-22(28(21)2)30-11-3-10-29-14-19-12-23(19,15-29)18-6-8-20(24)9-7-18/h4-9,13,19H,3,10-12,14-15H2,1-2H3/t19-,23+/m1/s1. The van der Waals surface area contributed by atoms with Crippen LogP contribution in [0.1, 0.15) is 24.1 Å². The summed E-state index contributed by atoms with van der Waals surface area (Å²) >= 11 is 5.35. The molecule has 0 radical (unpaired) electrons. The molecule has 156 valence electrons. The minimum Gasteiger partial charge on any atom is -0.305 e. The fourth-order valence-corrected chi connectivity index (χ4v) is 5.83. The van der Waals surface area contributed by atoms with Crippen LogP contribution >= 0.6 is 27.7 Å². The van der Waals surface area contributed by atoms with Gasteiger partial charge in [-0.3, -0.25) is 4.98 Å². The van der Waals surface area contributed by atoms with Crippen LogP contribution in [0.4, 0.5) is 0 Å². The Morgan fingerprint density at radius 1 is 1.17 bits per heavy atom. The van der Waals surface area contributed by atoms with Crippen molar-refractivity contribution in [2.75, 3.05) is 25.4 Å². The van der Waals surface area contributed by atoms with Crippen LogP contribution in [0.2, 0.25) is 0 Å². The first kappa shape index (κ1) is 20.2. The minimum atomic E-state index is 0.425. The van der Waals surface area contributed by atoms with Gasteiger partial charge in [0, 0.05) is 53.2 Å². The molecule has 7 heteroatoms. The number of nitrogens with zero attached hydrogens (tertiary/aromatic N) is 5. The predicted octanol–water partition coefficient (Wildman–Crippen LogP) is 4.70. The molecule has 1 aliphatic carbocycles. The number of aromatic nitrogens is 4. The maximum Gasteiger partial charge on any atom is 0.191 e. The van der Waals surface area contributed by atoms with E-state index in [-0.39, 0.29) is 0 Å². The summed E-state index contributed by atoms with van der Waals surface area (Å²) in [7, 11) is 2.04. The molecule has 30 heavy (non-hydrogen) atoms. The van der Waals surface area contributed by atoms with Crippen molar-refractivity contribution >= 4 is 27.7 Å². The van der Waals surface area contributed by atoms with E-state index in [9.17, 15) is 0 Å². The third-order valence-electron chi connectivity index (χ3n) is 6.49. The molecule has 0 spiro atoms. The smallest absolute Gasteiger partial charge is 0.191 e. The minimum absolute atomic E-state index is 0.425. The van der Waals surface area contributed by atoms with Gasteiger partial charge in [0.05, 0.1) is 0 Å². The number of likely N-dealkylation sites (tertiary alicyclic amines) is 1. The van der Waals surface area contributed by atoms with Crippen molar-refractivity contribution in [1.29, 1.82) is 0 Å². The Morgan fingerprint density at radius 3 is 2.77 bits per heavy atom. The van der Waals surface area contributed by atoms with Gasteiger partial charge in [0.2, 0.25) is 0 Å². The lowest BCUT2D eigenvalue weighted by molar-refractivity contribution is 0.299. The maximum absolute atomic E-state index is 4.39. The summed E-state index contributed by atoms with van der Waals surface area (Å²) in [6.45, 7) is 5.61. The highest BCUT2D eigenvalue weighted by atomic mass is 79.9. The molecule has 2 atom stereocenters. The lowest BCUT2D eigenvalue weighted by Crippen LogP contribution is -2.27. The molecule has 0 unspecified atom stereocenters. The highest BCUT2D eigenvalue weighted by Gasteiger charge is 2.60. The van der Waals surface area contributed by atoms with E-state index in [2.05, 4.69) is 70.9 Å². The summed E-state index contributed by atoms with van der Waals surface area (Å²) in [5.74, 6) is 2.78. The molecule has 2 fully saturated rings. The van der Waals surface area contributed by atoms with E-state index in [1.807, 2.05) is 26.2 Å². The van der Waals surface area contributed by atoms with Crippen LogP contribution in [0.3, 0.4) is 0 Å². The number of thioether (sulfide) groups is 1. The third-order valence-corrected chi connectivity index (χ3v) is 8.12. The number of benzene rings is 1. The van der Waals surface area contributed by atoms with Crippen molar-refractivity contribution in [3.63, 3.8) is 0 Å². The number of pyridine rings is 1. The van der Waals surface area contributed by atoms with Gasteiger partial charge < -0.3 is 9.47 Å². The van der Waals surface area contributed by atoms with Gasteiger partial charge >= 0.3 is 0 Å². The number of aryl methyl sites for hydroxylation is 1. The molecule has 3 heterocycles. The molecule has 3 aromatic rings. The van der Waals surface area contributed by atoms with Crippen molar-refractivity contribution < 1.29 is 0 Å². The van der Waals surface area contributed by atoms with E-state index in [4.69, 9.17) is 0 Å². The second-order valence-electron chi connectivity index (χ2n) is 8.55. The summed E-state index contributed by atoms with van der Waals surface area (Å²) in [4.78, 5) is 7.02. The number of piperidine rings is 1. The summed E-state index contributed by atoms with van der Waals surface area (Å²) in [5, 5.41) is 9.74. The number of hydrogen-bond donors (Lipinski definition) is 0. The van der Waals surface area contributed by atoms with Crippen molar-refractivity contribution in [2.45, 2.75) is 30.3 Å². The Bertz CT molecular complexity index is 1030. The molecule has 2 aliphatic rings. The number of fused-ring (bicyclic) bond motifs is 1. The lowest BCUT2D eigenvalue weighted by Gasteiger charge is -2.21. The highest BCUT2D eigenvalue weighted by molar-refractivity contribution is 9.10. The number of halogens is 1. The van der Waals surface area contributed by atoms with E-state index in [0.29, 0.717) is 5.41 Å². The van der Waals surface area contributed by atoms with Crippen LogP contribution in [-0.4, -0.2) is 50.0 Å². The number of rotatable bonds is 7. The predicted molar refractivity (Wildman–Crippen MR) is 125 cm³/mol. The van der Waals surface area contributed by atoms with Crippen LogP contribution in [0.5, 0.6) is 0 Å². The second kappa shape index (κ2) is 8.09. The first-order chi connectivity index (χ1) is 14.5. The molecule has 0 N–H and O–H groups in total. The topological polar surface area (TPSA) is 46.8 Å². The normalized spacial score (nSPS) is 23.0. The van der Waals surface area contributed by atoms with Crippen molar-refractivity contribution in [3.8, 4) is 11.4 Å². The van der Waals surface area contributed by atoms with Gasteiger partial charge in [-0.2, -0.15) is 0 Å². The van der Waals surface area contributed by atoms with E-state index in [1.54, 1.807) is 11.8 Å². The summed E-state index contributed by atoms with van der Waals surface area (Å²) in [6.07, 6.45) is 4.39. The van der Waals surface area contributed by atoms with Gasteiger partial charge in [-0.1, -0.05) is 39.8 Å². The van der Waals surface area contributed by atoms with Gasteiger partial charge in [0.1, 0.15) is 0 Å². The first-order valence-electron chi connectivity index (χ1n) is 10.5. The van der Waals surface area contributed by atoms with E-state index < -0.39 is 0 Å². The van der Waals surface area contributed by atoms with Crippen molar-refractivity contribution in [3.05, 3.63) is 58.3 Å².